The molecule has 72 heavy (non-hydrogen) atoms. The standard InChI is InChI=1S/C66H59N4O.Pt/c1-64(2,3)50-33-34-67-63(40-50)70-59-31-27-48(47-25-23-46(24-26-47)44-17-12-10-13-18-44)35-58(59)57-30-29-56(42-61(57)70)71-55-22-16-21-53(41-55)68-43-69(54-38-51(65(4,5)6)37-52(39-54)66(7,8)9)62-36-49(28-32-60(62)68)45-19-14-11-15-20-45;/h10-40,43H,1-9H3;/q-3;. The second-order valence-corrected chi connectivity index (χ2v) is 21.9. The van der Waals surface area contributed by atoms with E-state index in [1.807, 2.05) is 24.4 Å². The van der Waals surface area contributed by atoms with Gasteiger partial charge >= 0.3 is 0 Å². The van der Waals surface area contributed by atoms with Crippen molar-refractivity contribution in [2.75, 3.05) is 9.80 Å². The summed E-state index contributed by atoms with van der Waals surface area (Å²) in [7, 11) is 0. The van der Waals surface area contributed by atoms with Crippen LogP contribution in [0, 0.1) is 18.8 Å². The van der Waals surface area contributed by atoms with E-state index in [4.69, 9.17) is 9.72 Å². The maximum absolute atomic E-state index is 6.78. The number of aromatic nitrogens is 2. The number of fused-ring (bicyclic) bond motifs is 4. The second-order valence-electron chi connectivity index (χ2n) is 21.9. The molecule has 1 aliphatic rings. The van der Waals surface area contributed by atoms with Gasteiger partial charge in [0.25, 0.3) is 0 Å². The van der Waals surface area contributed by atoms with Crippen molar-refractivity contribution in [3.8, 4) is 50.7 Å². The van der Waals surface area contributed by atoms with Crippen molar-refractivity contribution in [2.45, 2.75) is 78.6 Å². The molecule has 6 heteroatoms. The number of nitrogens with zero attached hydrogens (tertiary/aromatic N) is 4. The minimum Gasteiger partial charge on any atom is -0.509 e. The number of rotatable bonds is 8. The molecule has 3 heterocycles. The molecule has 2 aromatic heterocycles. The van der Waals surface area contributed by atoms with E-state index in [9.17, 15) is 0 Å². The number of hydrogen-bond donors (Lipinski definition) is 0. The molecule has 5 nitrogen and oxygen atoms in total. The van der Waals surface area contributed by atoms with Gasteiger partial charge in [-0.15, -0.1) is 48.1 Å². The van der Waals surface area contributed by atoms with Gasteiger partial charge in [0.15, 0.2) is 0 Å². The summed E-state index contributed by atoms with van der Waals surface area (Å²) in [6.07, 6.45) is 1.92. The summed E-state index contributed by atoms with van der Waals surface area (Å²) in [6, 6.07) is 72.5. The van der Waals surface area contributed by atoms with Crippen LogP contribution in [0.1, 0.15) is 79.0 Å². The van der Waals surface area contributed by atoms with Gasteiger partial charge in [-0.05, 0) is 114 Å². The molecule has 1 aliphatic heterocycles. The molecule has 11 rings (SSSR count). The van der Waals surface area contributed by atoms with Crippen LogP contribution in [0.4, 0.5) is 22.7 Å². The first-order chi connectivity index (χ1) is 34.0. The van der Waals surface area contributed by atoms with Gasteiger partial charge in [0, 0.05) is 61.3 Å². The van der Waals surface area contributed by atoms with Gasteiger partial charge in [0.05, 0.1) is 0 Å². The molecule has 0 fully saturated rings. The Labute approximate surface area is 440 Å². The van der Waals surface area contributed by atoms with Crippen molar-refractivity contribution in [1.82, 2.24) is 9.55 Å². The molecule has 0 radical (unpaired) electrons. The van der Waals surface area contributed by atoms with E-state index in [0.29, 0.717) is 11.5 Å². The largest absolute Gasteiger partial charge is 0.509 e. The predicted octanol–water partition coefficient (Wildman–Crippen LogP) is 17.9. The van der Waals surface area contributed by atoms with Crippen molar-refractivity contribution in [2.24, 2.45) is 0 Å². The summed E-state index contributed by atoms with van der Waals surface area (Å²) in [5.74, 6) is 2.02. The molecule has 0 atom stereocenters. The zero-order valence-electron chi connectivity index (χ0n) is 42.5. The molecule has 0 unspecified atom stereocenters. The Hall–Kier alpha value is -7.20. The average molecular weight is 1120 g/mol. The van der Waals surface area contributed by atoms with Gasteiger partial charge in [-0.25, -0.2) is 4.98 Å². The van der Waals surface area contributed by atoms with Crippen molar-refractivity contribution in [1.29, 1.82) is 0 Å². The minimum atomic E-state index is -0.0608. The smallest absolute Gasteiger partial charge is 0.135 e. The van der Waals surface area contributed by atoms with Crippen molar-refractivity contribution >= 4 is 44.6 Å². The van der Waals surface area contributed by atoms with E-state index < -0.39 is 0 Å². The summed E-state index contributed by atoms with van der Waals surface area (Å²) in [4.78, 5) is 9.53. The molecule has 0 amide bonds. The molecule has 0 bridgehead atoms. The van der Waals surface area contributed by atoms with Gasteiger partial charge in [0.1, 0.15) is 5.82 Å². The van der Waals surface area contributed by atoms with E-state index in [1.165, 1.54) is 33.4 Å². The third kappa shape index (κ3) is 9.39. The van der Waals surface area contributed by atoms with Crippen molar-refractivity contribution in [3.05, 3.63) is 224 Å². The normalized spacial score (nSPS) is 12.8. The van der Waals surface area contributed by atoms with Crippen LogP contribution in [0.15, 0.2) is 188 Å². The Morgan fingerprint density at radius 2 is 1.01 bits per heavy atom. The van der Waals surface area contributed by atoms with Gasteiger partial charge in [-0.2, -0.15) is 12.1 Å². The quantitative estimate of drug-likeness (QED) is 0.142. The van der Waals surface area contributed by atoms with Crippen LogP contribution >= 0.6 is 0 Å². The molecule has 10 aromatic rings. The Balaban J connectivity index is 0.00000596. The number of ether oxygens (including phenoxy) is 1. The van der Waals surface area contributed by atoms with Crippen molar-refractivity contribution in [3.63, 3.8) is 0 Å². The first-order valence-corrected chi connectivity index (χ1v) is 24.7. The van der Waals surface area contributed by atoms with Crippen LogP contribution < -0.4 is 14.5 Å². The zero-order valence-corrected chi connectivity index (χ0v) is 44.8. The van der Waals surface area contributed by atoms with E-state index in [2.05, 4.69) is 259 Å². The van der Waals surface area contributed by atoms with E-state index >= 15 is 0 Å². The van der Waals surface area contributed by atoms with Crippen LogP contribution in [0.2, 0.25) is 0 Å². The van der Waals surface area contributed by atoms with Crippen LogP contribution in [-0.2, 0) is 37.3 Å². The Morgan fingerprint density at radius 1 is 0.444 bits per heavy atom. The molecule has 0 saturated carbocycles. The molecule has 0 saturated heterocycles. The predicted molar refractivity (Wildman–Crippen MR) is 297 cm³/mol. The van der Waals surface area contributed by atoms with Crippen LogP contribution in [0.25, 0.3) is 61.0 Å². The van der Waals surface area contributed by atoms with Gasteiger partial charge < -0.3 is 19.1 Å². The van der Waals surface area contributed by atoms with Crippen LogP contribution in [-0.4, -0.2) is 9.55 Å². The first kappa shape index (κ1) is 48.4. The Kier molecular flexibility index (Phi) is 12.6. The fourth-order valence-corrected chi connectivity index (χ4v) is 9.63. The molecular formula is C66H59N4OPt-3. The maximum Gasteiger partial charge on any atom is 0.135 e. The molecule has 0 spiro atoms. The van der Waals surface area contributed by atoms with Crippen LogP contribution in [0.5, 0.6) is 11.5 Å². The number of pyridine rings is 1. The van der Waals surface area contributed by atoms with E-state index in [-0.39, 0.29) is 37.3 Å². The summed E-state index contributed by atoms with van der Waals surface area (Å²) in [6.45, 7) is 22.7. The second kappa shape index (κ2) is 18.8. The molecule has 362 valence electrons. The van der Waals surface area contributed by atoms with Gasteiger partial charge in [-0.1, -0.05) is 177 Å². The van der Waals surface area contributed by atoms with Gasteiger partial charge in [0.2, 0.25) is 0 Å². The summed E-state index contributed by atoms with van der Waals surface area (Å²) in [5, 5.41) is 2.19. The molecule has 0 aliphatic carbocycles. The fraction of sp³-hybridized carbons (Fsp3) is 0.182. The third-order valence-electron chi connectivity index (χ3n) is 13.8. The first-order valence-electron chi connectivity index (χ1n) is 24.7. The van der Waals surface area contributed by atoms with Crippen LogP contribution in [0.3, 0.4) is 0 Å². The zero-order chi connectivity index (χ0) is 49.2. The number of benzene rings is 8. The molecule has 0 N–H and O–H groups in total. The van der Waals surface area contributed by atoms with E-state index in [1.54, 1.807) is 0 Å². The van der Waals surface area contributed by atoms with Crippen molar-refractivity contribution < 1.29 is 25.8 Å². The maximum atomic E-state index is 6.78. The Morgan fingerprint density at radius 3 is 1.67 bits per heavy atom. The topological polar surface area (TPSA) is 33.5 Å². The third-order valence-corrected chi connectivity index (χ3v) is 13.8. The Bertz CT molecular complexity index is 3560. The monoisotopic (exact) mass is 1120 g/mol. The fourth-order valence-electron chi connectivity index (χ4n) is 9.63. The SMILES string of the molecule is CC(C)(C)c1cc(N2[CH-]N(c3[c-]c(Oc4[c-]c5c(cc4)c4cc(-c6ccc(-c7ccccc7)cc6)ccc4n5-c4cc(C(C)(C)C)ccn4)ccc3)c3ccc(-c4ccccc4)cc32)cc(C(C)(C)C)c1.[Pt]. The van der Waals surface area contributed by atoms with E-state index in [0.717, 1.165) is 67.1 Å². The molecular weight excluding hydrogens is 1060 g/mol. The number of hydrogen-bond acceptors (Lipinski definition) is 4. The van der Waals surface area contributed by atoms with Gasteiger partial charge in [-0.3, -0.25) is 0 Å². The summed E-state index contributed by atoms with van der Waals surface area (Å²) >= 11 is 0. The minimum absolute atomic E-state index is 0. The number of anilines is 4. The summed E-state index contributed by atoms with van der Waals surface area (Å²) in [5.41, 5.74) is 16.8. The average Bonchev–Trinajstić information content (AvgIpc) is 3.91. The summed E-state index contributed by atoms with van der Waals surface area (Å²) < 4.78 is 9.00. The molecule has 8 aromatic carbocycles.